The molecule has 0 amide bonds. The number of benzene rings is 1. The van der Waals surface area contributed by atoms with Gasteiger partial charge in [-0.1, -0.05) is 0 Å². The number of aliphatic hydroxyl groups is 1. The van der Waals surface area contributed by atoms with Gasteiger partial charge in [0.25, 0.3) is 0 Å². The van der Waals surface area contributed by atoms with E-state index in [2.05, 4.69) is 4.90 Å². The predicted molar refractivity (Wildman–Crippen MR) is 72.5 cm³/mol. The van der Waals surface area contributed by atoms with Gasteiger partial charge in [0, 0.05) is 6.04 Å². The molecule has 0 spiro atoms. The van der Waals surface area contributed by atoms with Gasteiger partial charge in [0.05, 0.1) is 13.2 Å². The maximum atomic E-state index is 10.4. The highest BCUT2D eigenvalue weighted by molar-refractivity contribution is 5.40. The first kappa shape index (κ1) is 12.8. The lowest BCUT2D eigenvalue weighted by atomic mass is 9.78. The van der Waals surface area contributed by atoms with Crippen LogP contribution in [0.15, 0.2) is 18.2 Å². The van der Waals surface area contributed by atoms with Crippen molar-refractivity contribution in [2.75, 3.05) is 20.2 Å². The molecular formula is C15H21NO3. The Morgan fingerprint density at radius 2 is 2.05 bits per heavy atom. The molecule has 3 aliphatic heterocycles. The first-order valence-electron chi connectivity index (χ1n) is 6.97. The third-order valence-electron chi connectivity index (χ3n) is 4.64. The molecule has 2 atom stereocenters. The molecule has 0 aromatic heterocycles. The van der Waals surface area contributed by atoms with Gasteiger partial charge in [-0.3, -0.25) is 4.90 Å². The molecule has 4 nitrogen and oxygen atoms in total. The lowest BCUT2D eigenvalue weighted by Gasteiger charge is -2.49. The number of ether oxygens (including phenoxy) is 1. The summed E-state index contributed by atoms with van der Waals surface area (Å²) in [6.07, 6.45) is 2.61. The van der Waals surface area contributed by atoms with Crippen molar-refractivity contribution in [2.24, 2.45) is 5.92 Å². The van der Waals surface area contributed by atoms with E-state index >= 15 is 0 Å². The molecule has 4 heteroatoms. The van der Waals surface area contributed by atoms with Crippen molar-refractivity contribution >= 4 is 0 Å². The number of hydrogen-bond donors (Lipinski definition) is 2. The van der Waals surface area contributed by atoms with Crippen molar-refractivity contribution in [1.82, 2.24) is 4.90 Å². The van der Waals surface area contributed by atoms with Gasteiger partial charge in [-0.25, -0.2) is 0 Å². The summed E-state index contributed by atoms with van der Waals surface area (Å²) >= 11 is 0. The maximum Gasteiger partial charge on any atom is 0.119 e. The van der Waals surface area contributed by atoms with Gasteiger partial charge in [0.2, 0.25) is 0 Å². The molecule has 3 saturated heterocycles. The number of aliphatic hydroxyl groups excluding tert-OH is 1. The summed E-state index contributed by atoms with van der Waals surface area (Å²) in [7, 11) is 1.62. The predicted octanol–water partition coefficient (Wildman–Crippen LogP) is 1.40. The monoisotopic (exact) mass is 263 g/mol. The van der Waals surface area contributed by atoms with E-state index in [1.807, 2.05) is 6.07 Å². The van der Waals surface area contributed by atoms with Gasteiger partial charge in [-0.05, 0) is 62.0 Å². The molecule has 2 N–H and O–H groups in total. The standard InChI is InChI=1S/C15H21NO3/c1-19-12-2-3-14(17)11(8-12)9-13-15(18)10-4-6-16(13)7-5-10/h2-3,8,10,13,15,17-18H,4-7,9H2,1H3. The van der Waals surface area contributed by atoms with Crippen LogP contribution < -0.4 is 4.74 Å². The van der Waals surface area contributed by atoms with E-state index in [1.54, 1.807) is 19.2 Å². The van der Waals surface area contributed by atoms with Gasteiger partial charge >= 0.3 is 0 Å². The minimum atomic E-state index is -0.270. The lowest BCUT2D eigenvalue weighted by molar-refractivity contribution is -0.0716. The molecular weight excluding hydrogens is 242 g/mol. The highest BCUT2D eigenvalue weighted by Crippen LogP contribution is 2.35. The van der Waals surface area contributed by atoms with Crippen molar-refractivity contribution in [3.63, 3.8) is 0 Å². The largest absolute Gasteiger partial charge is 0.508 e. The molecule has 104 valence electrons. The Bertz CT molecular complexity index is 453. The molecule has 1 aromatic carbocycles. The summed E-state index contributed by atoms with van der Waals surface area (Å²) < 4.78 is 5.20. The van der Waals surface area contributed by atoms with Crippen LogP contribution in [0.5, 0.6) is 11.5 Å². The molecule has 19 heavy (non-hydrogen) atoms. The quantitative estimate of drug-likeness (QED) is 0.865. The first-order valence-corrected chi connectivity index (χ1v) is 6.97. The molecule has 0 aliphatic carbocycles. The fraction of sp³-hybridized carbons (Fsp3) is 0.600. The summed E-state index contributed by atoms with van der Waals surface area (Å²) in [6.45, 7) is 2.13. The van der Waals surface area contributed by atoms with Crippen LogP contribution in [0.3, 0.4) is 0 Å². The Morgan fingerprint density at radius 3 is 2.68 bits per heavy atom. The number of piperidine rings is 3. The molecule has 3 aliphatic rings. The average Bonchev–Trinajstić information content (AvgIpc) is 2.45. The fourth-order valence-electron chi connectivity index (χ4n) is 3.45. The van der Waals surface area contributed by atoms with Crippen LogP contribution >= 0.6 is 0 Å². The van der Waals surface area contributed by atoms with Crippen LogP contribution in [0.1, 0.15) is 18.4 Å². The van der Waals surface area contributed by atoms with E-state index in [1.165, 1.54) is 0 Å². The number of fused-ring (bicyclic) bond motifs is 3. The topological polar surface area (TPSA) is 52.9 Å². The summed E-state index contributed by atoms with van der Waals surface area (Å²) in [4.78, 5) is 2.35. The number of aromatic hydroxyl groups is 1. The second-order valence-electron chi connectivity index (χ2n) is 5.63. The maximum absolute atomic E-state index is 10.4. The normalized spacial score (nSPS) is 33.4. The number of phenols is 1. The van der Waals surface area contributed by atoms with Gasteiger partial charge in [-0.2, -0.15) is 0 Å². The zero-order chi connectivity index (χ0) is 13.4. The lowest BCUT2D eigenvalue weighted by Crippen LogP contribution is -2.58. The van der Waals surface area contributed by atoms with Crippen molar-refractivity contribution in [1.29, 1.82) is 0 Å². The smallest absolute Gasteiger partial charge is 0.119 e. The summed E-state index contributed by atoms with van der Waals surface area (Å²) in [5, 5.41) is 20.3. The van der Waals surface area contributed by atoms with Crippen LogP contribution in [0.4, 0.5) is 0 Å². The van der Waals surface area contributed by atoms with Crippen LogP contribution in [-0.4, -0.2) is 47.5 Å². The van der Waals surface area contributed by atoms with Gasteiger partial charge in [0.15, 0.2) is 0 Å². The third kappa shape index (κ3) is 2.30. The van der Waals surface area contributed by atoms with E-state index in [-0.39, 0.29) is 17.9 Å². The highest BCUT2D eigenvalue weighted by atomic mass is 16.5. The number of rotatable bonds is 3. The second-order valence-corrected chi connectivity index (χ2v) is 5.63. The molecule has 2 unspecified atom stereocenters. The summed E-state index contributed by atoms with van der Waals surface area (Å²) in [5.41, 5.74) is 0.857. The molecule has 4 rings (SSSR count). The zero-order valence-corrected chi connectivity index (χ0v) is 11.2. The van der Waals surface area contributed by atoms with Gasteiger partial charge < -0.3 is 14.9 Å². The third-order valence-corrected chi connectivity index (χ3v) is 4.64. The Morgan fingerprint density at radius 1 is 1.32 bits per heavy atom. The second kappa shape index (κ2) is 5.02. The van der Waals surface area contributed by atoms with E-state index < -0.39 is 0 Å². The molecule has 1 aromatic rings. The first-order chi connectivity index (χ1) is 9.19. The van der Waals surface area contributed by atoms with Crippen LogP contribution in [0.2, 0.25) is 0 Å². The average molecular weight is 263 g/mol. The molecule has 0 radical (unpaired) electrons. The van der Waals surface area contributed by atoms with Crippen molar-refractivity contribution < 1.29 is 14.9 Å². The summed E-state index contributed by atoms with van der Waals surface area (Å²) in [5.74, 6) is 1.47. The number of hydrogen-bond acceptors (Lipinski definition) is 4. The minimum absolute atomic E-state index is 0.130. The van der Waals surface area contributed by atoms with Crippen molar-refractivity contribution in [2.45, 2.75) is 31.4 Å². The van der Waals surface area contributed by atoms with E-state index in [0.717, 1.165) is 37.2 Å². The van der Waals surface area contributed by atoms with Gasteiger partial charge in [-0.15, -0.1) is 0 Å². The Labute approximate surface area is 113 Å². The highest BCUT2D eigenvalue weighted by Gasteiger charge is 2.41. The Kier molecular flexibility index (Phi) is 3.37. The molecule has 3 heterocycles. The van der Waals surface area contributed by atoms with Crippen LogP contribution in [-0.2, 0) is 6.42 Å². The minimum Gasteiger partial charge on any atom is -0.508 e. The molecule has 3 fully saturated rings. The van der Waals surface area contributed by atoms with Gasteiger partial charge in [0.1, 0.15) is 11.5 Å². The van der Waals surface area contributed by atoms with Crippen molar-refractivity contribution in [3.8, 4) is 11.5 Å². The molecule has 2 bridgehead atoms. The van der Waals surface area contributed by atoms with Crippen LogP contribution in [0.25, 0.3) is 0 Å². The van der Waals surface area contributed by atoms with E-state index in [9.17, 15) is 10.2 Å². The fourth-order valence-corrected chi connectivity index (χ4v) is 3.45. The summed E-state index contributed by atoms with van der Waals surface area (Å²) in [6, 6.07) is 5.41. The number of phenolic OH excluding ortho intramolecular Hbond substituents is 1. The Balaban J connectivity index is 1.81. The van der Waals surface area contributed by atoms with Crippen LogP contribution in [0, 0.1) is 5.92 Å². The van der Waals surface area contributed by atoms with Crippen molar-refractivity contribution in [3.05, 3.63) is 23.8 Å². The number of methoxy groups -OCH3 is 1. The SMILES string of the molecule is COc1ccc(O)c(CC2C(O)C3CCN2CC3)c1. The molecule has 0 saturated carbocycles. The Hall–Kier alpha value is -1.26. The van der Waals surface area contributed by atoms with E-state index in [4.69, 9.17) is 4.74 Å². The van der Waals surface area contributed by atoms with E-state index in [0.29, 0.717) is 12.3 Å². The number of nitrogens with zero attached hydrogens (tertiary/aromatic N) is 1. The zero-order valence-electron chi connectivity index (χ0n) is 11.2.